The molecule has 4 nitrogen and oxygen atoms in total. The summed E-state index contributed by atoms with van der Waals surface area (Å²) in [4.78, 5) is 11.0. The lowest BCUT2D eigenvalue weighted by Gasteiger charge is -2.29. The molecule has 120 valence electrons. The zero-order valence-electron chi connectivity index (χ0n) is 12.0. The lowest BCUT2D eigenvalue weighted by atomic mass is 9.77. The molecule has 1 amide bonds. The monoisotopic (exact) mass is 315 g/mol. The number of nitrogens with one attached hydrogen (secondary N) is 1. The van der Waals surface area contributed by atoms with Crippen molar-refractivity contribution in [2.24, 2.45) is 0 Å². The van der Waals surface area contributed by atoms with Crippen LogP contribution in [0.5, 0.6) is 11.5 Å². The molecule has 0 saturated carbocycles. The van der Waals surface area contributed by atoms with E-state index in [1.54, 1.807) is 6.07 Å². The number of alkyl halides is 3. The standard InChI is InChI=1S/C15H16F3NO3/c1-21-10-4-5-11-13-9(7-22-11)3-2-8(12(10)13)6-19-14(20)15(16,17)18/h4-5,8-9H,2-3,6-7H2,1H3,(H,19,20)/t8-,9+/m0/s1. The summed E-state index contributed by atoms with van der Waals surface area (Å²) in [6, 6.07) is 3.59. The molecule has 0 saturated heterocycles. The normalized spacial score (nSPS) is 22.7. The first-order valence-electron chi connectivity index (χ1n) is 7.10. The van der Waals surface area contributed by atoms with E-state index in [1.165, 1.54) is 7.11 Å². The van der Waals surface area contributed by atoms with Crippen LogP contribution >= 0.6 is 0 Å². The van der Waals surface area contributed by atoms with E-state index in [9.17, 15) is 18.0 Å². The van der Waals surface area contributed by atoms with Gasteiger partial charge < -0.3 is 14.8 Å². The van der Waals surface area contributed by atoms with E-state index in [2.05, 4.69) is 0 Å². The Morgan fingerprint density at radius 2 is 2.14 bits per heavy atom. The molecule has 1 aromatic rings. The van der Waals surface area contributed by atoms with Gasteiger partial charge in [0.05, 0.1) is 13.7 Å². The van der Waals surface area contributed by atoms with Crippen LogP contribution in [-0.2, 0) is 4.79 Å². The Kier molecular flexibility index (Phi) is 3.66. The fourth-order valence-electron chi connectivity index (χ4n) is 3.31. The highest BCUT2D eigenvalue weighted by Crippen LogP contribution is 2.50. The highest BCUT2D eigenvalue weighted by atomic mass is 19.4. The Balaban J connectivity index is 1.86. The summed E-state index contributed by atoms with van der Waals surface area (Å²) in [5, 5.41) is 1.98. The van der Waals surface area contributed by atoms with Crippen molar-refractivity contribution in [3.63, 3.8) is 0 Å². The zero-order valence-corrected chi connectivity index (χ0v) is 12.0. The fourth-order valence-corrected chi connectivity index (χ4v) is 3.31. The van der Waals surface area contributed by atoms with E-state index < -0.39 is 12.1 Å². The average molecular weight is 315 g/mol. The summed E-state index contributed by atoms with van der Waals surface area (Å²) in [5.74, 6) is -0.436. The molecular weight excluding hydrogens is 299 g/mol. The molecule has 1 heterocycles. The van der Waals surface area contributed by atoms with Crippen LogP contribution in [0.3, 0.4) is 0 Å². The second-order valence-electron chi connectivity index (χ2n) is 5.58. The van der Waals surface area contributed by atoms with Crippen LogP contribution in [-0.4, -0.2) is 32.3 Å². The van der Waals surface area contributed by atoms with Crippen molar-refractivity contribution >= 4 is 5.91 Å². The molecule has 0 aromatic heterocycles. The van der Waals surface area contributed by atoms with E-state index in [0.29, 0.717) is 18.8 Å². The molecule has 22 heavy (non-hydrogen) atoms. The number of hydrogen-bond donors (Lipinski definition) is 1. The Morgan fingerprint density at radius 1 is 1.36 bits per heavy atom. The van der Waals surface area contributed by atoms with E-state index >= 15 is 0 Å². The Bertz CT molecular complexity index is 600. The van der Waals surface area contributed by atoms with Gasteiger partial charge in [-0.25, -0.2) is 0 Å². The summed E-state index contributed by atoms with van der Waals surface area (Å²) in [7, 11) is 1.53. The minimum absolute atomic E-state index is 0.0577. The van der Waals surface area contributed by atoms with Crippen molar-refractivity contribution in [3.05, 3.63) is 23.3 Å². The number of carbonyl (C=O) groups is 1. The summed E-state index contributed by atoms with van der Waals surface area (Å²) < 4.78 is 48.0. The van der Waals surface area contributed by atoms with Crippen LogP contribution in [0.1, 0.15) is 35.8 Å². The molecule has 1 N–H and O–H groups in total. The van der Waals surface area contributed by atoms with Crippen LogP contribution in [0, 0.1) is 0 Å². The highest BCUT2D eigenvalue weighted by molar-refractivity contribution is 5.81. The smallest absolute Gasteiger partial charge is 0.471 e. The van der Waals surface area contributed by atoms with Gasteiger partial charge in [0.2, 0.25) is 0 Å². The molecule has 1 aliphatic heterocycles. The zero-order chi connectivity index (χ0) is 15.9. The SMILES string of the molecule is COc1ccc2c3c1[C@H](CNC(=O)C(F)(F)F)CC[C@@H]3CO2. The number of amides is 1. The Hall–Kier alpha value is -1.92. The molecule has 1 aliphatic carbocycles. The Labute approximate surface area is 125 Å². The molecular formula is C15H16F3NO3. The Morgan fingerprint density at radius 3 is 2.82 bits per heavy atom. The number of rotatable bonds is 3. The quantitative estimate of drug-likeness (QED) is 0.933. The minimum atomic E-state index is -4.86. The van der Waals surface area contributed by atoms with Crippen molar-refractivity contribution in [3.8, 4) is 11.5 Å². The van der Waals surface area contributed by atoms with Gasteiger partial charge in [0, 0.05) is 29.5 Å². The maximum atomic E-state index is 12.3. The second-order valence-corrected chi connectivity index (χ2v) is 5.58. The van der Waals surface area contributed by atoms with Gasteiger partial charge >= 0.3 is 12.1 Å². The van der Waals surface area contributed by atoms with E-state index in [0.717, 1.165) is 23.3 Å². The van der Waals surface area contributed by atoms with Gasteiger partial charge in [-0.15, -0.1) is 0 Å². The summed E-state index contributed by atoms with van der Waals surface area (Å²) in [6.07, 6.45) is -3.33. The first-order chi connectivity index (χ1) is 10.4. The first kappa shape index (κ1) is 15.0. The summed E-state index contributed by atoms with van der Waals surface area (Å²) in [6.45, 7) is 0.537. The summed E-state index contributed by atoms with van der Waals surface area (Å²) in [5.41, 5.74) is 1.90. The van der Waals surface area contributed by atoms with Gasteiger partial charge in [0.25, 0.3) is 0 Å². The summed E-state index contributed by atoms with van der Waals surface area (Å²) >= 11 is 0. The van der Waals surface area contributed by atoms with Gasteiger partial charge in [-0.2, -0.15) is 13.2 Å². The fraction of sp³-hybridized carbons (Fsp3) is 0.533. The number of methoxy groups -OCH3 is 1. The van der Waals surface area contributed by atoms with Gasteiger partial charge in [0.1, 0.15) is 11.5 Å². The molecule has 0 fully saturated rings. The van der Waals surface area contributed by atoms with Gasteiger partial charge in [-0.05, 0) is 25.0 Å². The highest BCUT2D eigenvalue weighted by Gasteiger charge is 2.40. The lowest BCUT2D eigenvalue weighted by molar-refractivity contribution is -0.173. The van der Waals surface area contributed by atoms with Crippen molar-refractivity contribution < 1.29 is 27.4 Å². The van der Waals surface area contributed by atoms with Crippen LogP contribution in [0.2, 0.25) is 0 Å². The molecule has 3 rings (SSSR count). The van der Waals surface area contributed by atoms with Gasteiger partial charge in [0.15, 0.2) is 0 Å². The van der Waals surface area contributed by atoms with Crippen LogP contribution in [0.4, 0.5) is 13.2 Å². The van der Waals surface area contributed by atoms with Crippen LogP contribution in [0.25, 0.3) is 0 Å². The lowest BCUT2D eigenvalue weighted by Crippen LogP contribution is -2.39. The predicted molar refractivity (Wildman–Crippen MR) is 72.3 cm³/mol. The molecule has 7 heteroatoms. The number of carbonyl (C=O) groups excluding carboxylic acids is 1. The maximum absolute atomic E-state index is 12.3. The molecule has 0 unspecified atom stereocenters. The van der Waals surface area contributed by atoms with E-state index in [1.807, 2.05) is 11.4 Å². The van der Waals surface area contributed by atoms with Gasteiger partial charge in [-0.3, -0.25) is 4.79 Å². The number of ether oxygens (including phenoxy) is 2. The van der Waals surface area contributed by atoms with Crippen LogP contribution in [0.15, 0.2) is 12.1 Å². The third-order valence-corrected chi connectivity index (χ3v) is 4.31. The molecule has 2 atom stereocenters. The topological polar surface area (TPSA) is 47.6 Å². The first-order valence-corrected chi connectivity index (χ1v) is 7.10. The van der Waals surface area contributed by atoms with Crippen molar-refractivity contribution in [1.82, 2.24) is 5.32 Å². The second kappa shape index (κ2) is 5.37. The van der Waals surface area contributed by atoms with Crippen molar-refractivity contribution in [2.75, 3.05) is 20.3 Å². The van der Waals surface area contributed by atoms with E-state index in [4.69, 9.17) is 9.47 Å². The van der Waals surface area contributed by atoms with E-state index in [-0.39, 0.29) is 18.4 Å². The van der Waals surface area contributed by atoms with Gasteiger partial charge in [-0.1, -0.05) is 0 Å². The predicted octanol–water partition coefficient (Wildman–Crippen LogP) is 2.73. The molecule has 1 aromatic carbocycles. The third-order valence-electron chi connectivity index (χ3n) is 4.31. The maximum Gasteiger partial charge on any atom is 0.471 e. The number of halogens is 3. The molecule has 2 aliphatic rings. The van der Waals surface area contributed by atoms with Crippen LogP contribution < -0.4 is 14.8 Å². The van der Waals surface area contributed by atoms with Crippen molar-refractivity contribution in [1.29, 1.82) is 0 Å². The minimum Gasteiger partial charge on any atom is -0.496 e. The molecule has 0 radical (unpaired) electrons. The largest absolute Gasteiger partial charge is 0.496 e. The average Bonchev–Trinajstić information content (AvgIpc) is 2.90. The number of benzene rings is 1. The van der Waals surface area contributed by atoms with Crippen molar-refractivity contribution in [2.45, 2.75) is 30.9 Å². The number of hydrogen-bond acceptors (Lipinski definition) is 3. The molecule has 0 bridgehead atoms. The third kappa shape index (κ3) is 2.48. The molecule has 0 spiro atoms.